The maximum atomic E-state index is 11.8. The van der Waals surface area contributed by atoms with Gasteiger partial charge in [-0.1, -0.05) is 11.6 Å². The van der Waals surface area contributed by atoms with Gasteiger partial charge in [0.05, 0.1) is 12.1 Å². The van der Waals surface area contributed by atoms with Crippen LogP contribution >= 0.6 is 11.6 Å². The van der Waals surface area contributed by atoms with Gasteiger partial charge in [0.25, 0.3) is 0 Å². The summed E-state index contributed by atoms with van der Waals surface area (Å²) in [6.07, 6.45) is 0. The molecule has 0 amide bonds. The first-order valence-corrected chi connectivity index (χ1v) is 7.03. The minimum Gasteiger partial charge on any atom is -0.497 e. The summed E-state index contributed by atoms with van der Waals surface area (Å²) < 4.78 is 5.14. The first-order chi connectivity index (χ1) is 9.93. The Morgan fingerprint density at radius 2 is 1.81 bits per heavy atom. The van der Waals surface area contributed by atoms with Gasteiger partial charge in [0, 0.05) is 16.9 Å². The summed E-state index contributed by atoms with van der Waals surface area (Å²) in [6.45, 7) is 5.33. The van der Waals surface area contributed by atoms with Crippen molar-refractivity contribution in [3.8, 4) is 5.75 Å². The Kier molecular flexibility index (Phi) is 4.53. The number of aryl methyl sites for hydroxylation is 1. The van der Waals surface area contributed by atoms with Gasteiger partial charge in [-0.25, -0.2) is 0 Å². The Hall–Kier alpha value is -2.00. The van der Waals surface area contributed by atoms with Crippen LogP contribution in [0.4, 0.5) is 11.4 Å². The minimum absolute atomic E-state index is 0.0287. The summed E-state index contributed by atoms with van der Waals surface area (Å²) in [5.74, 6) is 0.771. The second-order valence-corrected chi connectivity index (χ2v) is 5.34. The number of methoxy groups -OCH3 is 1. The van der Waals surface area contributed by atoms with E-state index in [9.17, 15) is 4.79 Å². The van der Waals surface area contributed by atoms with Gasteiger partial charge in [0.15, 0.2) is 5.78 Å². The van der Waals surface area contributed by atoms with Crippen LogP contribution in [0.3, 0.4) is 0 Å². The van der Waals surface area contributed by atoms with Crippen molar-refractivity contribution < 1.29 is 9.53 Å². The van der Waals surface area contributed by atoms with E-state index in [-0.39, 0.29) is 5.78 Å². The highest BCUT2D eigenvalue weighted by molar-refractivity contribution is 6.35. The molecule has 2 aromatic rings. The molecule has 0 aliphatic heterocycles. The van der Waals surface area contributed by atoms with Crippen molar-refractivity contribution in [2.75, 3.05) is 12.4 Å². The summed E-state index contributed by atoms with van der Waals surface area (Å²) in [7, 11) is 1.63. The lowest BCUT2D eigenvalue weighted by Crippen LogP contribution is -2.03. The van der Waals surface area contributed by atoms with Crippen molar-refractivity contribution in [1.29, 1.82) is 0 Å². The molecule has 110 valence electrons. The number of anilines is 2. The van der Waals surface area contributed by atoms with E-state index in [4.69, 9.17) is 16.3 Å². The van der Waals surface area contributed by atoms with E-state index in [1.54, 1.807) is 7.11 Å². The van der Waals surface area contributed by atoms with Crippen LogP contribution in [-0.2, 0) is 0 Å². The number of nitrogens with one attached hydrogen (secondary N) is 1. The number of hydrogen-bond acceptors (Lipinski definition) is 3. The van der Waals surface area contributed by atoms with Gasteiger partial charge in [0.2, 0.25) is 0 Å². The maximum Gasteiger partial charge on any atom is 0.161 e. The number of benzene rings is 2. The van der Waals surface area contributed by atoms with Crippen molar-refractivity contribution in [2.45, 2.75) is 20.8 Å². The summed E-state index contributed by atoms with van der Waals surface area (Å²) >= 11 is 6.24. The average Bonchev–Trinajstić information content (AvgIpc) is 2.45. The number of ketones is 1. The van der Waals surface area contributed by atoms with Crippen LogP contribution in [0.15, 0.2) is 30.3 Å². The van der Waals surface area contributed by atoms with E-state index in [1.165, 1.54) is 6.92 Å². The number of ether oxygens (including phenoxy) is 1. The van der Waals surface area contributed by atoms with Crippen LogP contribution in [0.5, 0.6) is 5.75 Å². The first-order valence-electron chi connectivity index (χ1n) is 6.65. The lowest BCUT2D eigenvalue weighted by molar-refractivity contribution is 0.101. The van der Waals surface area contributed by atoms with Gasteiger partial charge in [0.1, 0.15) is 5.75 Å². The summed E-state index contributed by atoms with van der Waals surface area (Å²) in [6, 6.07) is 9.57. The molecule has 0 heterocycles. The fourth-order valence-electron chi connectivity index (χ4n) is 2.26. The largest absolute Gasteiger partial charge is 0.497 e. The SMILES string of the molecule is COc1ccc(Nc2cc(C)c(Cl)c(C(C)=O)c2C)cc1. The van der Waals surface area contributed by atoms with E-state index in [0.717, 1.165) is 28.3 Å². The molecule has 0 spiro atoms. The predicted molar refractivity (Wildman–Crippen MR) is 87.2 cm³/mol. The quantitative estimate of drug-likeness (QED) is 0.815. The molecule has 0 fully saturated rings. The Bertz CT molecular complexity index is 678. The molecule has 0 saturated carbocycles. The predicted octanol–water partition coefficient (Wildman–Crippen LogP) is 4.91. The molecule has 0 saturated heterocycles. The summed E-state index contributed by atoms with van der Waals surface area (Å²) in [5.41, 5.74) is 4.12. The van der Waals surface area contributed by atoms with Crippen LogP contribution < -0.4 is 10.1 Å². The molecule has 21 heavy (non-hydrogen) atoms. The van der Waals surface area contributed by atoms with Gasteiger partial charge in [-0.3, -0.25) is 4.79 Å². The van der Waals surface area contributed by atoms with Crippen LogP contribution in [0.25, 0.3) is 0 Å². The molecule has 3 nitrogen and oxygen atoms in total. The second kappa shape index (κ2) is 6.19. The smallest absolute Gasteiger partial charge is 0.161 e. The number of carbonyl (C=O) groups is 1. The molecule has 2 aromatic carbocycles. The molecular formula is C17H18ClNO2. The first kappa shape index (κ1) is 15.4. The second-order valence-electron chi connectivity index (χ2n) is 4.96. The number of rotatable bonds is 4. The van der Waals surface area contributed by atoms with Crippen LogP contribution in [0.1, 0.15) is 28.4 Å². The van der Waals surface area contributed by atoms with E-state index in [1.807, 2.05) is 44.2 Å². The maximum absolute atomic E-state index is 11.8. The Balaban J connectivity index is 2.42. The summed E-state index contributed by atoms with van der Waals surface area (Å²) in [5, 5.41) is 3.85. The lowest BCUT2D eigenvalue weighted by atomic mass is 10.00. The van der Waals surface area contributed by atoms with Crippen molar-refractivity contribution in [1.82, 2.24) is 0 Å². The standard InChI is InChI=1S/C17H18ClNO2/c1-10-9-15(11(2)16(12(3)20)17(10)18)19-13-5-7-14(21-4)8-6-13/h5-9,19H,1-4H3. The molecule has 0 radical (unpaired) electrons. The zero-order valence-electron chi connectivity index (χ0n) is 12.6. The van der Waals surface area contributed by atoms with E-state index in [2.05, 4.69) is 5.32 Å². The normalized spacial score (nSPS) is 10.3. The van der Waals surface area contributed by atoms with Crippen molar-refractivity contribution in [3.05, 3.63) is 52.0 Å². The summed E-state index contributed by atoms with van der Waals surface area (Å²) in [4.78, 5) is 11.8. The minimum atomic E-state index is -0.0287. The highest BCUT2D eigenvalue weighted by Crippen LogP contribution is 2.32. The van der Waals surface area contributed by atoms with E-state index >= 15 is 0 Å². The average molecular weight is 304 g/mol. The van der Waals surface area contributed by atoms with E-state index in [0.29, 0.717) is 10.6 Å². The molecule has 2 rings (SSSR count). The molecule has 0 aliphatic carbocycles. The Morgan fingerprint density at radius 1 is 1.19 bits per heavy atom. The van der Waals surface area contributed by atoms with E-state index < -0.39 is 0 Å². The molecule has 0 bridgehead atoms. The van der Waals surface area contributed by atoms with Crippen LogP contribution in [-0.4, -0.2) is 12.9 Å². The van der Waals surface area contributed by atoms with Crippen LogP contribution in [0.2, 0.25) is 5.02 Å². The van der Waals surface area contributed by atoms with Gasteiger partial charge in [-0.2, -0.15) is 0 Å². The zero-order valence-corrected chi connectivity index (χ0v) is 13.3. The molecule has 0 aliphatic rings. The van der Waals surface area contributed by atoms with Gasteiger partial charge in [-0.15, -0.1) is 0 Å². The Morgan fingerprint density at radius 3 is 2.33 bits per heavy atom. The molecule has 1 N–H and O–H groups in total. The van der Waals surface area contributed by atoms with Crippen molar-refractivity contribution in [2.24, 2.45) is 0 Å². The third kappa shape index (κ3) is 3.19. The molecule has 0 atom stereocenters. The lowest BCUT2D eigenvalue weighted by Gasteiger charge is -2.16. The third-order valence-electron chi connectivity index (χ3n) is 3.43. The molecule has 0 unspecified atom stereocenters. The topological polar surface area (TPSA) is 38.3 Å². The van der Waals surface area contributed by atoms with Gasteiger partial charge >= 0.3 is 0 Å². The number of halogens is 1. The molecular weight excluding hydrogens is 286 g/mol. The third-order valence-corrected chi connectivity index (χ3v) is 3.91. The fraction of sp³-hybridized carbons (Fsp3) is 0.235. The van der Waals surface area contributed by atoms with Crippen LogP contribution in [0, 0.1) is 13.8 Å². The molecule has 4 heteroatoms. The number of carbonyl (C=O) groups excluding carboxylic acids is 1. The Labute approximate surface area is 129 Å². The molecule has 0 aromatic heterocycles. The zero-order chi connectivity index (χ0) is 15.6. The highest BCUT2D eigenvalue weighted by atomic mass is 35.5. The van der Waals surface area contributed by atoms with Gasteiger partial charge in [-0.05, 0) is 62.2 Å². The number of hydrogen-bond donors (Lipinski definition) is 1. The fourth-order valence-corrected chi connectivity index (χ4v) is 2.59. The van der Waals surface area contributed by atoms with Gasteiger partial charge < -0.3 is 10.1 Å². The van der Waals surface area contributed by atoms with Crippen molar-refractivity contribution >= 4 is 28.8 Å². The monoisotopic (exact) mass is 303 g/mol. The van der Waals surface area contributed by atoms with Crippen molar-refractivity contribution in [3.63, 3.8) is 0 Å². The highest BCUT2D eigenvalue weighted by Gasteiger charge is 2.15. The number of Topliss-reactive ketones (excluding diaryl/α,β-unsaturated/α-hetero) is 1.